The number of nitrogens with one attached hydrogen (secondary N) is 1. The Labute approximate surface area is 197 Å². The number of amides is 2. The van der Waals surface area contributed by atoms with Crippen molar-refractivity contribution in [2.24, 2.45) is 11.7 Å². The molecule has 1 unspecified atom stereocenters. The van der Waals surface area contributed by atoms with E-state index in [4.69, 9.17) is 5.73 Å². The summed E-state index contributed by atoms with van der Waals surface area (Å²) in [6, 6.07) is 6.93. The first-order chi connectivity index (χ1) is 15.9. The third-order valence-electron chi connectivity index (χ3n) is 6.65. The van der Waals surface area contributed by atoms with E-state index < -0.39 is 10.0 Å². The zero-order valence-electron chi connectivity index (χ0n) is 19.5. The van der Waals surface area contributed by atoms with Gasteiger partial charge < -0.3 is 16.0 Å². The van der Waals surface area contributed by atoms with Crippen LogP contribution in [0.4, 0.5) is 0 Å². The molecule has 184 valence electrons. The smallest absolute Gasteiger partial charge is 0.243 e. The molecule has 0 aliphatic carbocycles. The molecule has 0 aromatic heterocycles. The van der Waals surface area contributed by atoms with Gasteiger partial charge in [0.15, 0.2) is 0 Å². The molecule has 2 aliphatic heterocycles. The van der Waals surface area contributed by atoms with Gasteiger partial charge in [0.2, 0.25) is 21.8 Å². The fourth-order valence-electron chi connectivity index (χ4n) is 4.63. The zero-order chi connectivity index (χ0) is 23.7. The van der Waals surface area contributed by atoms with E-state index in [2.05, 4.69) is 10.2 Å². The highest BCUT2D eigenvalue weighted by Gasteiger charge is 2.25. The zero-order valence-corrected chi connectivity index (χ0v) is 20.3. The van der Waals surface area contributed by atoms with Crippen LogP contribution in [-0.2, 0) is 26.0 Å². The van der Waals surface area contributed by atoms with E-state index in [1.54, 1.807) is 16.4 Å². The van der Waals surface area contributed by atoms with Crippen molar-refractivity contribution in [3.05, 3.63) is 29.8 Å². The van der Waals surface area contributed by atoms with Crippen molar-refractivity contribution in [3.63, 3.8) is 0 Å². The van der Waals surface area contributed by atoms with Crippen LogP contribution in [0.1, 0.15) is 56.9 Å². The minimum Gasteiger partial charge on any atom is -0.369 e. The van der Waals surface area contributed by atoms with Gasteiger partial charge in [0.05, 0.1) is 10.8 Å². The van der Waals surface area contributed by atoms with Crippen LogP contribution in [0, 0.1) is 5.92 Å². The average molecular weight is 479 g/mol. The number of rotatable bonds is 10. The summed E-state index contributed by atoms with van der Waals surface area (Å²) in [6.45, 7) is 4.32. The minimum atomic E-state index is -3.44. The molecule has 0 radical (unpaired) electrons. The highest BCUT2D eigenvalue weighted by atomic mass is 32.2. The van der Waals surface area contributed by atoms with Gasteiger partial charge in [-0.05, 0) is 69.3 Å². The number of benzene rings is 1. The first kappa shape index (κ1) is 25.6. The third-order valence-corrected chi connectivity index (χ3v) is 8.56. The summed E-state index contributed by atoms with van der Waals surface area (Å²) in [6.07, 6.45) is 7.62. The van der Waals surface area contributed by atoms with Crippen LogP contribution in [0.5, 0.6) is 0 Å². The highest BCUT2D eigenvalue weighted by Crippen LogP contribution is 2.21. The SMILES string of the molecule is NC(=O)C1CCCN(CCCNC(=O)CCc2ccc(S(=O)(=O)N3CCCCCC3)cc2)C1. The Kier molecular flexibility index (Phi) is 9.70. The number of hydrogen-bond donors (Lipinski definition) is 2. The Morgan fingerprint density at radius 3 is 2.36 bits per heavy atom. The first-order valence-electron chi connectivity index (χ1n) is 12.2. The highest BCUT2D eigenvalue weighted by molar-refractivity contribution is 7.89. The molecule has 3 rings (SSSR count). The van der Waals surface area contributed by atoms with Crippen LogP contribution in [0.15, 0.2) is 29.2 Å². The van der Waals surface area contributed by atoms with Crippen LogP contribution >= 0.6 is 0 Å². The van der Waals surface area contributed by atoms with Gasteiger partial charge in [-0.25, -0.2) is 8.42 Å². The van der Waals surface area contributed by atoms with Gasteiger partial charge in [0.1, 0.15) is 0 Å². The van der Waals surface area contributed by atoms with Crippen molar-refractivity contribution in [3.8, 4) is 0 Å². The van der Waals surface area contributed by atoms with E-state index in [1.165, 1.54) is 0 Å². The maximum Gasteiger partial charge on any atom is 0.243 e. The maximum atomic E-state index is 12.9. The van der Waals surface area contributed by atoms with Crippen molar-refractivity contribution < 1.29 is 18.0 Å². The number of nitrogens with zero attached hydrogens (tertiary/aromatic N) is 2. The minimum absolute atomic E-state index is 0.00933. The molecule has 0 saturated carbocycles. The molecule has 33 heavy (non-hydrogen) atoms. The summed E-state index contributed by atoms with van der Waals surface area (Å²) >= 11 is 0. The maximum absolute atomic E-state index is 12.9. The number of nitrogens with two attached hydrogens (primary N) is 1. The molecule has 8 nitrogen and oxygen atoms in total. The largest absolute Gasteiger partial charge is 0.369 e. The Morgan fingerprint density at radius 1 is 1.00 bits per heavy atom. The van der Waals surface area contributed by atoms with Crippen molar-refractivity contribution >= 4 is 21.8 Å². The van der Waals surface area contributed by atoms with Gasteiger partial charge in [0, 0.05) is 32.6 Å². The van der Waals surface area contributed by atoms with E-state index in [1.807, 2.05) is 12.1 Å². The summed E-state index contributed by atoms with van der Waals surface area (Å²) < 4.78 is 27.3. The Balaban J connectivity index is 1.36. The second-order valence-electron chi connectivity index (χ2n) is 9.21. The lowest BCUT2D eigenvalue weighted by molar-refractivity contribution is -0.123. The molecule has 0 bridgehead atoms. The Hall–Kier alpha value is -1.97. The van der Waals surface area contributed by atoms with Crippen LogP contribution in [0.3, 0.4) is 0 Å². The molecule has 1 aromatic carbocycles. The van der Waals surface area contributed by atoms with Gasteiger partial charge in [0.25, 0.3) is 0 Å². The van der Waals surface area contributed by atoms with E-state index in [0.29, 0.717) is 43.9 Å². The summed E-state index contributed by atoms with van der Waals surface area (Å²) in [5.41, 5.74) is 6.37. The van der Waals surface area contributed by atoms with Gasteiger partial charge in [-0.2, -0.15) is 4.31 Å². The van der Waals surface area contributed by atoms with E-state index in [-0.39, 0.29) is 17.7 Å². The summed E-state index contributed by atoms with van der Waals surface area (Å²) in [7, 11) is -3.44. The van der Waals surface area contributed by atoms with Crippen molar-refractivity contribution in [1.82, 2.24) is 14.5 Å². The Bertz CT molecular complexity index is 880. The number of piperidine rings is 1. The molecule has 9 heteroatoms. The van der Waals surface area contributed by atoms with Gasteiger partial charge >= 0.3 is 0 Å². The number of carbonyl (C=O) groups is 2. The van der Waals surface area contributed by atoms with Gasteiger partial charge in [-0.3, -0.25) is 9.59 Å². The molecular weight excluding hydrogens is 440 g/mol. The Morgan fingerprint density at radius 2 is 1.70 bits per heavy atom. The fraction of sp³-hybridized carbons (Fsp3) is 0.667. The summed E-state index contributed by atoms with van der Waals surface area (Å²) in [5, 5.41) is 2.95. The number of carbonyl (C=O) groups excluding carboxylic acids is 2. The number of hydrogen-bond acceptors (Lipinski definition) is 5. The molecule has 2 heterocycles. The third kappa shape index (κ3) is 7.79. The number of aryl methyl sites for hydroxylation is 1. The van der Waals surface area contributed by atoms with Crippen molar-refractivity contribution in [2.75, 3.05) is 39.3 Å². The molecular formula is C24H38N4O4S. The number of primary amides is 1. The second kappa shape index (κ2) is 12.5. The first-order valence-corrected chi connectivity index (χ1v) is 13.7. The fourth-order valence-corrected chi connectivity index (χ4v) is 6.14. The average Bonchev–Trinajstić information content (AvgIpc) is 3.11. The van der Waals surface area contributed by atoms with Gasteiger partial charge in [-0.15, -0.1) is 0 Å². The lowest BCUT2D eigenvalue weighted by Gasteiger charge is -2.31. The van der Waals surface area contributed by atoms with E-state index >= 15 is 0 Å². The predicted octanol–water partition coefficient (Wildman–Crippen LogP) is 1.89. The molecule has 2 amide bonds. The molecule has 2 aliphatic rings. The number of likely N-dealkylation sites (tertiary alicyclic amines) is 1. The van der Waals surface area contributed by atoms with E-state index in [0.717, 1.165) is 63.6 Å². The van der Waals surface area contributed by atoms with Crippen LogP contribution in [0.25, 0.3) is 0 Å². The molecule has 0 spiro atoms. The normalized spacial score (nSPS) is 20.8. The van der Waals surface area contributed by atoms with Gasteiger partial charge in [-0.1, -0.05) is 25.0 Å². The topological polar surface area (TPSA) is 113 Å². The quantitative estimate of drug-likeness (QED) is 0.499. The van der Waals surface area contributed by atoms with Crippen LogP contribution in [0.2, 0.25) is 0 Å². The predicted molar refractivity (Wildman–Crippen MR) is 128 cm³/mol. The lowest BCUT2D eigenvalue weighted by Crippen LogP contribution is -2.42. The van der Waals surface area contributed by atoms with Crippen molar-refractivity contribution in [2.45, 2.75) is 62.7 Å². The van der Waals surface area contributed by atoms with Crippen molar-refractivity contribution in [1.29, 1.82) is 0 Å². The van der Waals surface area contributed by atoms with Crippen LogP contribution in [-0.4, -0.2) is 68.7 Å². The summed E-state index contributed by atoms with van der Waals surface area (Å²) in [4.78, 5) is 26.1. The summed E-state index contributed by atoms with van der Waals surface area (Å²) in [5.74, 6) is -0.287. The lowest BCUT2D eigenvalue weighted by atomic mass is 9.97. The van der Waals surface area contributed by atoms with E-state index in [9.17, 15) is 18.0 Å². The molecule has 1 atom stereocenters. The molecule has 3 N–H and O–H groups in total. The monoisotopic (exact) mass is 478 g/mol. The second-order valence-corrected chi connectivity index (χ2v) is 11.1. The number of sulfonamides is 1. The molecule has 1 aromatic rings. The molecule has 2 saturated heterocycles. The molecule has 2 fully saturated rings. The van der Waals surface area contributed by atoms with Crippen LogP contribution < -0.4 is 11.1 Å². The standard InChI is InChI=1S/C24H38N4O4S/c25-24(30)21-7-5-15-27(19-21)16-6-14-26-23(29)13-10-20-8-11-22(12-9-20)33(31,32)28-17-3-1-2-4-18-28/h8-9,11-12,21H,1-7,10,13-19H2,(H2,25,30)(H,26,29).